The zero-order valence-electron chi connectivity index (χ0n) is 16.3. The van der Waals surface area contributed by atoms with E-state index in [1.165, 1.54) is 0 Å². The van der Waals surface area contributed by atoms with Gasteiger partial charge in [0, 0.05) is 16.8 Å². The van der Waals surface area contributed by atoms with Crippen LogP contribution < -0.4 is 14.8 Å². The standard InChI is InChI=1S/C25H16N2O4/c28-24(17-7-9-22-23(12-17)30-14-29-22)26-19-8-10-21-20(13-19)27-25(31-21)18-6-5-15-3-1-2-4-16(15)11-18/h1-13H,14H2,(H,26,28). The van der Waals surface area contributed by atoms with Crippen LogP contribution in [-0.4, -0.2) is 17.7 Å². The number of carbonyl (C=O) groups is 1. The zero-order valence-corrected chi connectivity index (χ0v) is 16.3. The van der Waals surface area contributed by atoms with Crippen LogP contribution in [0.25, 0.3) is 33.3 Å². The van der Waals surface area contributed by atoms with Crippen LogP contribution >= 0.6 is 0 Å². The number of aromatic nitrogens is 1. The minimum absolute atomic E-state index is 0.169. The van der Waals surface area contributed by atoms with Crippen molar-refractivity contribution >= 4 is 33.5 Å². The molecule has 0 spiro atoms. The number of oxazole rings is 1. The largest absolute Gasteiger partial charge is 0.454 e. The molecule has 150 valence electrons. The van der Waals surface area contributed by atoms with Gasteiger partial charge in [-0.05, 0) is 59.3 Å². The molecule has 5 aromatic rings. The van der Waals surface area contributed by atoms with Gasteiger partial charge in [0.25, 0.3) is 5.91 Å². The topological polar surface area (TPSA) is 73.6 Å². The van der Waals surface area contributed by atoms with Gasteiger partial charge in [-0.25, -0.2) is 4.98 Å². The lowest BCUT2D eigenvalue weighted by Crippen LogP contribution is -2.11. The number of anilines is 1. The van der Waals surface area contributed by atoms with Crippen LogP contribution in [0.2, 0.25) is 0 Å². The Morgan fingerprint density at radius 2 is 1.71 bits per heavy atom. The molecule has 0 bridgehead atoms. The van der Waals surface area contributed by atoms with Gasteiger partial charge in [0.1, 0.15) is 5.52 Å². The third-order valence-electron chi connectivity index (χ3n) is 5.28. The number of fused-ring (bicyclic) bond motifs is 3. The van der Waals surface area contributed by atoms with Crippen molar-refractivity contribution in [3.05, 3.63) is 84.4 Å². The van der Waals surface area contributed by atoms with E-state index in [9.17, 15) is 4.79 Å². The first kappa shape index (κ1) is 17.5. The van der Waals surface area contributed by atoms with E-state index in [1.54, 1.807) is 30.3 Å². The maximum atomic E-state index is 12.6. The molecule has 6 nitrogen and oxygen atoms in total. The van der Waals surface area contributed by atoms with E-state index in [4.69, 9.17) is 13.9 Å². The Balaban J connectivity index is 1.28. The van der Waals surface area contributed by atoms with Gasteiger partial charge in [0.2, 0.25) is 12.7 Å². The van der Waals surface area contributed by atoms with Crippen LogP contribution in [-0.2, 0) is 0 Å². The number of nitrogens with one attached hydrogen (secondary N) is 1. The molecule has 1 amide bonds. The fourth-order valence-corrected chi connectivity index (χ4v) is 3.69. The van der Waals surface area contributed by atoms with Gasteiger partial charge < -0.3 is 19.2 Å². The Hall–Kier alpha value is -4.32. The number of ether oxygens (including phenoxy) is 2. The van der Waals surface area contributed by atoms with E-state index in [1.807, 2.05) is 24.3 Å². The first-order chi connectivity index (χ1) is 15.2. The maximum Gasteiger partial charge on any atom is 0.255 e. The van der Waals surface area contributed by atoms with Gasteiger partial charge in [-0.1, -0.05) is 30.3 Å². The van der Waals surface area contributed by atoms with Crippen LogP contribution in [0.4, 0.5) is 5.69 Å². The molecule has 0 fully saturated rings. The van der Waals surface area contributed by atoms with Crippen molar-refractivity contribution in [3.63, 3.8) is 0 Å². The number of rotatable bonds is 3. The second-order valence-electron chi connectivity index (χ2n) is 7.29. The third-order valence-corrected chi connectivity index (χ3v) is 5.28. The van der Waals surface area contributed by atoms with E-state index in [0.717, 1.165) is 16.3 Å². The molecule has 0 saturated heterocycles. The summed E-state index contributed by atoms with van der Waals surface area (Å²) in [5, 5.41) is 5.18. The van der Waals surface area contributed by atoms with Crippen molar-refractivity contribution in [3.8, 4) is 23.0 Å². The van der Waals surface area contributed by atoms with E-state index < -0.39 is 0 Å². The highest BCUT2D eigenvalue weighted by atomic mass is 16.7. The summed E-state index contributed by atoms with van der Waals surface area (Å²) < 4.78 is 16.6. The molecule has 1 aliphatic rings. The van der Waals surface area contributed by atoms with Crippen molar-refractivity contribution in [2.24, 2.45) is 0 Å². The minimum Gasteiger partial charge on any atom is -0.454 e. The van der Waals surface area contributed by atoms with Crippen LogP contribution in [0, 0.1) is 0 Å². The number of carbonyl (C=O) groups excluding carboxylic acids is 1. The Bertz CT molecular complexity index is 1470. The van der Waals surface area contributed by atoms with Crippen LogP contribution in [0.3, 0.4) is 0 Å². The highest BCUT2D eigenvalue weighted by molar-refractivity contribution is 6.05. The van der Waals surface area contributed by atoms with Crippen molar-refractivity contribution < 1.29 is 18.7 Å². The molecule has 1 aromatic heterocycles. The summed E-state index contributed by atoms with van der Waals surface area (Å²) in [5.74, 6) is 1.51. The SMILES string of the molecule is O=C(Nc1ccc2oc(-c3ccc4ccccc4c3)nc2c1)c1ccc2c(c1)OCO2. The molecule has 0 radical (unpaired) electrons. The van der Waals surface area contributed by atoms with E-state index in [0.29, 0.717) is 39.7 Å². The first-order valence-corrected chi connectivity index (χ1v) is 9.84. The molecule has 2 heterocycles. The summed E-state index contributed by atoms with van der Waals surface area (Å²) in [6, 6.07) is 24.8. The fourth-order valence-electron chi connectivity index (χ4n) is 3.69. The summed E-state index contributed by atoms with van der Waals surface area (Å²) in [4.78, 5) is 17.3. The molecule has 4 aromatic carbocycles. The summed E-state index contributed by atoms with van der Waals surface area (Å²) in [5.41, 5.74) is 3.35. The lowest BCUT2D eigenvalue weighted by Gasteiger charge is -2.05. The molecular weight excluding hydrogens is 392 g/mol. The number of nitrogens with zero attached hydrogens (tertiary/aromatic N) is 1. The molecule has 0 unspecified atom stereocenters. The first-order valence-electron chi connectivity index (χ1n) is 9.84. The maximum absolute atomic E-state index is 12.6. The molecule has 1 aliphatic heterocycles. The lowest BCUT2D eigenvalue weighted by molar-refractivity contribution is 0.102. The number of hydrogen-bond donors (Lipinski definition) is 1. The molecular formula is C25H16N2O4. The smallest absolute Gasteiger partial charge is 0.255 e. The average Bonchev–Trinajstić information content (AvgIpc) is 3.44. The van der Waals surface area contributed by atoms with Crippen molar-refractivity contribution in [1.29, 1.82) is 0 Å². The minimum atomic E-state index is -0.240. The van der Waals surface area contributed by atoms with Gasteiger partial charge in [-0.3, -0.25) is 4.79 Å². The predicted octanol–water partition coefficient (Wildman–Crippen LogP) is 5.63. The molecule has 6 rings (SSSR count). The second kappa shape index (κ2) is 6.88. The fraction of sp³-hybridized carbons (Fsp3) is 0.0400. The van der Waals surface area contributed by atoms with E-state index in [-0.39, 0.29) is 12.7 Å². The number of amides is 1. The summed E-state index contributed by atoms with van der Waals surface area (Å²) >= 11 is 0. The highest BCUT2D eigenvalue weighted by Crippen LogP contribution is 2.33. The van der Waals surface area contributed by atoms with Crippen LogP contribution in [0.1, 0.15) is 10.4 Å². The van der Waals surface area contributed by atoms with Gasteiger partial charge in [0.15, 0.2) is 17.1 Å². The average molecular weight is 408 g/mol. The van der Waals surface area contributed by atoms with Crippen molar-refractivity contribution in [2.45, 2.75) is 0 Å². The Kier molecular flexibility index (Phi) is 3.89. The van der Waals surface area contributed by atoms with Crippen LogP contribution in [0.5, 0.6) is 11.5 Å². The van der Waals surface area contributed by atoms with Crippen molar-refractivity contribution in [1.82, 2.24) is 4.98 Å². The molecule has 6 heteroatoms. The normalized spacial score (nSPS) is 12.4. The third kappa shape index (κ3) is 3.14. The Morgan fingerprint density at radius 3 is 2.65 bits per heavy atom. The van der Waals surface area contributed by atoms with E-state index >= 15 is 0 Å². The van der Waals surface area contributed by atoms with Crippen LogP contribution in [0.15, 0.2) is 83.3 Å². The highest BCUT2D eigenvalue weighted by Gasteiger charge is 2.17. The van der Waals surface area contributed by atoms with Gasteiger partial charge in [-0.15, -0.1) is 0 Å². The molecule has 0 atom stereocenters. The lowest BCUT2D eigenvalue weighted by atomic mass is 10.1. The quantitative estimate of drug-likeness (QED) is 0.419. The molecule has 1 N–H and O–H groups in total. The molecule has 0 saturated carbocycles. The van der Waals surface area contributed by atoms with E-state index in [2.05, 4.69) is 34.6 Å². The second-order valence-corrected chi connectivity index (χ2v) is 7.29. The Labute approximate surface area is 177 Å². The zero-order chi connectivity index (χ0) is 20.8. The Morgan fingerprint density at radius 1 is 0.839 bits per heavy atom. The summed E-state index contributed by atoms with van der Waals surface area (Å²) in [6.07, 6.45) is 0. The number of hydrogen-bond acceptors (Lipinski definition) is 5. The van der Waals surface area contributed by atoms with Gasteiger partial charge >= 0.3 is 0 Å². The summed E-state index contributed by atoms with van der Waals surface area (Å²) in [6.45, 7) is 0.169. The monoisotopic (exact) mass is 408 g/mol. The van der Waals surface area contributed by atoms with Gasteiger partial charge in [0.05, 0.1) is 0 Å². The van der Waals surface area contributed by atoms with Crippen molar-refractivity contribution in [2.75, 3.05) is 12.1 Å². The number of benzene rings is 4. The summed E-state index contributed by atoms with van der Waals surface area (Å²) in [7, 11) is 0. The predicted molar refractivity (Wildman–Crippen MR) is 117 cm³/mol. The van der Waals surface area contributed by atoms with Gasteiger partial charge in [-0.2, -0.15) is 0 Å². The molecule has 0 aliphatic carbocycles. The molecule has 31 heavy (non-hydrogen) atoms.